The third kappa shape index (κ3) is 3.46. The predicted molar refractivity (Wildman–Crippen MR) is 68.2 cm³/mol. The number of nitrogens with zero attached hydrogens (tertiary/aromatic N) is 1. The Kier molecular flexibility index (Phi) is 3.78. The van der Waals surface area contributed by atoms with Gasteiger partial charge in [-0.25, -0.2) is 0 Å². The summed E-state index contributed by atoms with van der Waals surface area (Å²) in [6.45, 7) is 1.67. The van der Waals surface area contributed by atoms with Gasteiger partial charge in [0.25, 0.3) is 0 Å². The topological polar surface area (TPSA) is 37.4 Å². The summed E-state index contributed by atoms with van der Waals surface area (Å²) in [5.41, 5.74) is 0.925. The summed E-state index contributed by atoms with van der Waals surface area (Å²) >= 11 is 0. The van der Waals surface area contributed by atoms with E-state index in [4.69, 9.17) is 0 Å². The van der Waals surface area contributed by atoms with Gasteiger partial charge in [0.05, 0.1) is 6.54 Å². The Morgan fingerprint density at radius 2 is 1.94 bits per heavy atom. The van der Waals surface area contributed by atoms with Crippen LogP contribution in [0.2, 0.25) is 0 Å². The van der Waals surface area contributed by atoms with Crippen molar-refractivity contribution < 1.29 is 9.59 Å². The van der Waals surface area contributed by atoms with Crippen LogP contribution in [0.4, 0.5) is 0 Å². The molecule has 0 saturated heterocycles. The fourth-order valence-electron chi connectivity index (χ4n) is 1.55. The van der Waals surface area contributed by atoms with Gasteiger partial charge in [0.2, 0.25) is 5.91 Å². The Bertz CT molecular complexity index is 506. The zero-order valence-electron chi connectivity index (χ0n) is 10.3. The molecule has 1 saturated carbocycles. The Morgan fingerprint density at radius 1 is 1.28 bits per heavy atom. The van der Waals surface area contributed by atoms with Crippen molar-refractivity contribution in [1.29, 1.82) is 0 Å². The average Bonchev–Trinajstić information content (AvgIpc) is 3.18. The van der Waals surface area contributed by atoms with E-state index >= 15 is 0 Å². The summed E-state index contributed by atoms with van der Waals surface area (Å²) in [5, 5.41) is 0. The maximum atomic E-state index is 11.9. The summed E-state index contributed by atoms with van der Waals surface area (Å²) in [4.78, 5) is 24.5. The second-order valence-electron chi connectivity index (χ2n) is 4.44. The molecule has 0 heterocycles. The third-order valence-corrected chi connectivity index (χ3v) is 2.77. The minimum absolute atomic E-state index is 0.269. The molecule has 18 heavy (non-hydrogen) atoms. The van der Waals surface area contributed by atoms with Crippen molar-refractivity contribution in [3.05, 3.63) is 35.9 Å². The molecule has 0 radical (unpaired) electrons. The Labute approximate surface area is 107 Å². The first-order valence-electron chi connectivity index (χ1n) is 6.04. The molecule has 1 fully saturated rings. The number of amides is 2. The van der Waals surface area contributed by atoms with Gasteiger partial charge in [-0.1, -0.05) is 36.3 Å². The fourth-order valence-corrected chi connectivity index (χ4v) is 1.55. The van der Waals surface area contributed by atoms with E-state index < -0.39 is 5.91 Å². The molecular formula is C15H15NO2. The van der Waals surface area contributed by atoms with E-state index in [9.17, 15) is 9.59 Å². The van der Waals surface area contributed by atoms with Crippen LogP contribution in [0.1, 0.15) is 25.3 Å². The standard InChI is InChI=1S/C15H15NO2/c1-12(17)16(11-14-5-3-2-4-6-14)15(18)10-9-13-7-8-13/h2-6,13H,7-8,11H2,1H3. The Balaban J connectivity index is 2.06. The lowest BCUT2D eigenvalue weighted by Crippen LogP contribution is -2.33. The van der Waals surface area contributed by atoms with Crippen LogP contribution in [0.15, 0.2) is 30.3 Å². The lowest BCUT2D eigenvalue weighted by atomic mass is 10.2. The summed E-state index contributed by atoms with van der Waals surface area (Å²) in [6, 6.07) is 9.44. The smallest absolute Gasteiger partial charge is 0.275 e. The van der Waals surface area contributed by atoms with Crippen LogP contribution in [0.5, 0.6) is 0 Å². The van der Waals surface area contributed by atoms with E-state index in [0.717, 1.165) is 18.4 Å². The van der Waals surface area contributed by atoms with Gasteiger partial charge in [0.15, 0.2) is 0 Å². The van der Waals surface area contributed by atoms with E-state index in [2.05, 4.69) is 11.8 Å². The first-order chi connectivity index (χ1) is 8.66. The fraction of sp³-hybridized carbons (Fsp3) is 0.333. The highest BCUT2D eigenvalue weighted by Crippen LogP contribution is 2.27. The van der Waals surface area contributed by atoms with Gasteiger partial charge in [-0.2, -0.15) is 0 Å². The van der Waals surface area contributed by atoms with Crippen LogP contribution in [-0.4, -0.2) is 16.7 Å². The first kappa shape index (κ1) is 12.4. The minimum atomic E-state index is -0.404. The normalized spacial score (nSPS) is 13.4. The molecule has 3 heteroatoms. The number of rotatable bonds is 2. The molecule has 3 nitrogen and oxygen atoms in total. The second-order valence-corrected chi connectivity index (χ2v) is 4.44. The molecule has 0 aliphatic heterocycles. The Morgan fingerprint density at radius 3 is 2.50 bits per heavy atom. The van der Waals surface area contributed by atoms with Crippen molar-refractivity contribution in [2.75, 3.05) is 0 Å². The molecule has 0 atom stereocenters. The second kappa shape index (κ2) is 5.50. The molecule has 1 aliphatic rings. The van der Waals surface area contributed by atoms with E-state index in [1.54, 1.807) is 0 Å². The van der Waals surface area contributed by atoms with Crippen molar-refractivity contribution in [2.45, 2.75) is 26.3 Å². The van der Waals surface area contributed by atoms with Crippen LogP contribution >= 0.6 is 0 Å². The maximum Gasteiger partial charge on any atom is 0.305 e. The first-order valence-corrected chi connectivity index (χ1v) is 6.04. The zero-order valence-corrected chi connectivity index (χ0v) is 10.3. The molecule has 0 bridgehead atoms. The van der Waals surface area contributed by atoms with E-state index in [1.807, 2.05) is 30.3 Å². The van der Waals surface area contributed by atoms with E-state index in [1.165, 1.54) is 11.8 Å². The van der Waals surface area contributed by atoms with Gasteiger partial charge in [-0.15, -0.1) is 0 Å². The van der Waals surface area contributed by atoms with Crippen molar-refractivity contribution in [2.24, 2.45) is 5.92 Å². The molecule has 0 unspecified atom stereocenters. The van der Waals surface area contributed by atoms with Gasteiger partial charge < -0.3 is 0 Å². The molecule has 0 aromatic heterocycles. The average molecular weight is 241 g/mol. The maximum absolute atomic E-state index is 11.9. The molecule has 1 aromatic rings. The van der Waals surface area contributed by atoms with Crippen molar-refractivity contribution in [3.63, 3.8) is 0 Å². The highest BCUT2D eigenvalue weighted by Gasteiger charge is 2.20. The zero-order chi connectivity index (χ0) is 13.0. The quantitative estimate of drug-likeness (QED) is 0.742. The van der Waals surface area contributed by atoms with E-state index in [-0.39, 0.29) is 12.5 Å². The lowest BCUT2D eigenvalue weighted by molar-refractivity contribution is -0.140. The SMILES string of the molecule is CC(=O)N(Cc1ccccc1)C(=O)C#CC1CC1. The number of hydrogen-bond donors (Lipinski definition) is 0. The monoisotopic (exact) mass is 241 g/mol. The Hall–Kier alpha value is -2.08. The summed E-state index contributed by atoms with van der Waals surface area (Å²) < 4.78 is 0. The van der Waals surface area contributed by atoms with Crippen LogP contribution in [0, 0.1) is 17.8 Å². The molecule has 0 spiro atoms. The largest absolute Gasteiger partial charge is 0.305 e. The predicted octanol–water partition coefficient (Wildman–Crippen LogP) is 1.98. The molecule has 92 valence electrons. The lowest BCUT2D eigenvalue weighted by Gasteiger charge is -2.16. The van der Waals surface area contributed by atoms with Gasteiger partial charge in [-0.05, 0) is 24.3 Å². The minimum Gasteiger partial charge on any atom is -0.275 e. The number of benzene rings is 1. The van der Waals surface area contributed by atoms with Crippen molar-refractivity contribution in [1.82, 2.24) is 4.90 Å². The number of imide groups is 1. The number of carbonyl (C=O) groups excluding carboxylic acids is 2. The molecule has 2 amide bonds. The highest BCUT2D eigenvalue weighted by atomic mass is 16.2. The van der Waals surface area contributed by atoms with Crippen molar-refractivity contribution >= 4 is 11.8 Å². The van der Waals surface area contributed by atoms with Gasteiger partial charge in [0, 0.05) is 12.8 Å². The van der Waals surface area contributed by atoms with Crippen molar-refractivity contribution in [3.8, 4) is 11.8 Å². The van der Waals surface area contributed by atoms with Crippen LogP contribution in [-0.2, 0) is 16.1 Å². The van der Waals surface area contributed by atoms with Gasteiger partial charge in [-0.3, -0.25) is 14.5 Å². The van der Waals surface area contributed by atoms with E-state index in [0.29, 0.717) is 5.92 Å². The summed E-state index contributed by atoms with van der Waals surface area (Å²) in [6.07, 6.45) is 2.14. The summed E-state index contributed by atoms with van der Waals surface area (Å²) in [7, 11) is 0. The molecule has 1 aromatic carbocycles. The van der Waals surface area contributed by atoms with Gasteiger partial charge in [0.1, 0.15) is 0 Å². The highest BCUT2D eigenvalue weighted by molar-refractivity contribution is 6.03. The molecule has 0 N–H and O–H groups in total. The van der Waals surface area contributed by atoms with Crippen LogP contribution < -0.4 is 0 Å². The number of carbonyl (C=O) groups is 2. The molecule has 1 aliphatic carbocycles. The van der Waals surface area contributed by atoms with Gasteiger partial charge >= 0.3 is 5.91 Å². The van der Waals surface area contributed by atoms with Crippen LogP contribution in [0.25, 0.3) is 0 Å². The summed E-state index contributed by atoms with van der Waals surface area (Å²) in [5.74, 6) is 5.13. The number of hydrogen-bond acceptors (Lipinski definition) is 2. The van der Waals surface area contributed by atoms with Crippen LogP contribution in [0.3, 0.4) is 0 Å². The molecule has 2 rings (SSSR count). The third-order valence-electron chi connectivity index (χ3n) is 2.77. The molecular weight excluding hydrogens is 226 g/mol.